The van der Waals surface area contributed by atoms with Gasteiger partial charge in [-0.25, -0.2) is 9.78 Å². The third kappa shape index (κ3) is 3.55. The van der Waals surface area contributed by atoms with Crippen molar-refractivity contribution in [1.82, 2.24) is 4.98 Å². The number of anilines is 1. The van der Waals surface area contributed by atoms with Crippen LogP contribution >= 0.6 is 0 Å². The molecule has 0 fully saturated rings. The Bertz CT molecular complexity index is 582. The minimum Gasteiger partial charge on any atom is -0.464 e. The summed E-state index contributed by atoms with van der Waals surface area (Å²) in [6.45, 7) is 2.76. The van der Waals surface area contributed by atoms with Crippen molar-refractivity contribution in [2.45, 2.75) is 13.5 Å². The van der Waals surface area contributed by atoms with Gasteiger partial charge in [0, 0.05) is 18.4 Å². The third-order valence-corrected chi connectivity index (χ3v) is 2.73. The van der Waals surface area contributed by atoms with Crippen molar-refractivity contribution in [2.75, 3.05) is 12.4 Å². The molecule has 0 aliphatic rings. The summed E-state index contributed by atoms with van der Waals surface area (Å²) in [5.74, 6) is -0.431. The minimum atomic E-state index is -0.431. The topological polar surface area (TPSA) is 51.2 Å². The number of aryl methyl sites for hydroxylation is 1. The molecule has 0 saturated carbocycles. The second-order valence-electron chi connectivity index (χ2n) is 4.26. The number of hydrogen-bond acceptors (Lipinski definition) is 4. The summed E-state index contributed by atoms with van der Waals surface area (Å²) in [5.41, 5.74) is 3.56. The van der Waals surface area contributed by atoms with E-state index in [1.165, 1.54) is 18.2 Å². The van der Waals surface area contributed by atoms with E-state index in [9.17, 15) is 4.79 Å². The lowest BCUT2D eigenvalue weighted by Crippen LogP contribution is -2.06. The van der Waals surface area contributed by atoms with Gasteiger partial charge in [-0.05, 0) is 24.6 Å². The van der Waals surface area contributed by atoms with E-state index in [0.29, 0.717) is 12.2 Å². The maximum atomic E-state index is 11.4. The number of carbonyl (C=O) groups excluding carboxylic acids is 1. The van der Waals surface area contributed by atoms with E-state index >= 15 is 0 Å². The van der Waals surface area contributed by atoms with Crippen LogP contribution in [0.25, 0.3) is 0 Å². The maximum Gasteiger partial charge on any atom is 0.356 e. The molecule has 0 aliphatic carbocycles. The van der Waals surface area contributed by atoms with Crippen LogP contribution in [0.1, 0.15) is 21.6 Å². The summed E-state index contributed by atoms with van der Waals surface area (Å²) in [5, 5.41) is 3.26. The molecule has 0 bridgehead atoms. The summed E-state index contributed by atoms with van der Waals surface area (Å²) in [6, 6.07) is 11.8. The lowest BCUT2D eigenvalue weighted by molar-refractivity contribution is 0.0594. The number of rotatable bonds is 4. The molecule has 0 atom stereocenters. The minimum absolute atomic E-state index is 0.303. The van der Waals surface area contributed by atoms with E-state index in [-0.39, 0.29) is 0 Å². The number of pyridine rings is 1. The summed E-state index contributed by atoms with van der Waals surface area (Å²) >= 11 is 0. The molecule has 4 nitrogen and oxygen atoms in total. The van der Waals surface area contributed by atoms with Crippen molar-refractivity contribution >= 4 is 11.7 Å². The fraction of sp³-hybridized carbons (Fsp3) is 0.200. The smallest absolute Gasteiger partial charge is 0.356 e. The molecule has 0 spiro atoms. The highest BCUT2D eigenvalue weighted by molar-refractivity contribution is 5.88. The number of carbonyl (C=O) groups is 1. The number of benzene rings is 1. The zero-order valence-electron chi connectivity index (χ0n) is 11.0. The molecule has 0 unspecified atom stereocenters. The van der Waals surface area contributed by atoms with Crippen LogP contribution in [0.5, 0.6) is 0 Å². The van der Waals surface area contributed by atoms with Gasteiger partial charge in [0.2, 0.25) is 0 Å². The summed E-state index contributed by atoms with van der Waals surface area (Å²) < 4.78 is 4.64. The van der Waals surface area contributed by atoms with Gasteiger partial charge in [0.05, 0.1) is 7.11 Å². The van der Waals surface area contributed by atoms with Gasteiger partial charge < -0.3 is 10.1 Å². The molecule has 1 aromatic heterocycles. The fourth-order valence-electron chi connectivity index (χ4n) is 1.78. The summed E-state index contributed by atoms with van der Waals surface area (Å²) in [6.07, 6.45) is 1.59. The number of nitrogens with one attached hydrogen (secondary N) is 1. The number of methoxy groups -OCH3 is 1. The summed E-state index contributed by atoms with van der Waals surface area (Å²) in [7, 11) is 1.34. The van der Waals surface area contributed by atoms with Gasteiger partial charge >= 0.3 is 5.97 Å². The highest BCUT2D eigenvalue weighted by atomic mass is 16.5. The molecule has 0 saturated heterocycles. The highest BCUT2D eigenvalue weighted by Gasteiger charge is 2.07. The van der Waals surface area contributed by atoms with Crippen LogP contribution in [-0.4, -0.2) is 18.1 Å². The van der Waals surface area contributed by atoms with Gasteiger partial charge in [-0.1, -0.05) is 29.8 Å². The van der Waals surface area contributed by atoms with E-state index in [1.54, 1.807) is 12.3 Å². The molecular weight excluding hydrogens is 240 g/mol. The van der Waals surface area contributed by atoms with Crippen LogP contribution in [0.2, 0.25) is 0 Å². The predicted molar refractivity (Wildman–Crippen MR) is 74.1 cm³/mol. The molecule has 1 aromatic carbocycles. The molecule has 1 N–H and O–H groups in total. The predicted octanol–water partition coefficient (Wildman–Crippen LogP) is 2.79. The van der Waals surface area contributed by atoms with Crippen molar-refractivity contribution < 1.29 is 9.53 Å². The molecule has 2 rings (SSSR count). The molecule has 2 aromatic rings. The van der Waals surface area contributed by atoms with Crippen LogP contribution in [0.15, 0.2) is 42.6 Å². The van der Waals surface area contributed by atoms with Crippen molar-refractivity contribution in [2.24, 2.45) is 0 Å². The number of aromatic nitrogens is 1. The first-order valence-electron chi connectivity index (χ1n) is 6.03. The van der Waals surface area contributed by atoms with Crippen molar-refractivity contribution in [3.05, 3.63) is 59.4 Å². The number of esters is 1. The van der Waals surface area contributed by atoms with E-state index in [2.05, 4.69) is 40.2 Å². The average Bonchev–Trinajstić information content (AvgIpc) is 2.45. The van der Waals surface area contributed by atoms with Crippen LogP contribution in [0.4, 0.5) is 5.69 Å². The van der Waals surface area contributed by atoms with E-state index in [1.807, 2.05) is 12.1 Å². The van der Waals surface area contributed by atoms with Crippen LogP contribution < -0.4 is 5.32 Å². The molecule has 19 heavy (non-hydrogen) atoms. The van der Waals surface area contributed by atoms with Crippen LogP contribution in [0, 0.1) is 6.92 Å². The standard InChI is InChI=1S/C15H16N2O2/c1-11-4-3-5-12(8-11)10-17-13-6-7-16-14(9-13)15(18)19-2/h3-9H,10H2,1-2H3,(H,16,17). The fourth-order valence-corrected chi connectivity index (χ4v) is 1.78. The third-order valence-electron chi connectivity index (χ3n) is 2.73. The largest absolute Gasteiger partial charge is 0.464 e. The lowest BCUT2D eigenvalue weighted by atomic mass is 10.1. The Labute approximate surface area is 112 Å². The first-order valence-corrected chi connectivity index (χ1v) is 6.03. The number of ether oxygens (including phenoxy) is 1. The van der Waals surface area contributed by atoms with Gasteiger partial charge in [-0.3, -0.25) is 0 Å². The van der Waals surface area contributed by atoms with Gasteiger partial charge in [-0.15, -0.1) is 0 Å². The second-order valence-corrected chi connectivity index (χ2v) is 4.26. The quantitative estimate of drug-likeness (QED) is 0.855. The normalized spacial score (nSPS) is 10.0. The van der Waals surface area contributed by atoms with Crippen LogP contribution in [-0.2, 0) is 11.3 Å². The van der Waals surface area contributed by atoms with E-state index in [0.717, 1.165) is 5.69 Å². The SMILES string of the molecule is COC(=O)c1cc(NCc2cccc(C)c2)ccn1. The van der Waals surface area contributed by atoms with Gasteiger partial charge in [-0.2, -0.15) is 0 Å². The van der Waals surface area contributed by atoms with Crippen molar-refractivity contribution in [1.29, 1.82) is 0 Å². The molecule has 4 heteroatoms. The Hall–Kier alpha value is -2.36. The molecule has 0 radical (unpaired) electrons. The zero-order valence-corrected chi connectivity index (χ0v) is 11.0. The number of hydrogen-bond donors (Lipinski definition) is 1. The average molecular weight is 256 g/mol. The Balaban J connectivity index is 2.05. The second kappa shape index (κ2) is 6.00. The van der Waals surface area contributed by atoms with E-state index in [4.69, 9.17) is 0 Å². The Morgan fingerprint density at radius 2 is 2.16 bits per heavy atom. The Morgan fingerprint density at radius 3 is 2.89 bits per heavy atom. The van der Waals surface area contributed by atoms with E-state index < -0.39 is 5.97 Å². The van der Waals surface area contributed by atoms with Gasteiger partial charge in [0.25, 0.3) is 0 Å². The molecular formula is C15H16N2O2. The molecule has 98 valence electrons. The maximum absolute atomic E-state index is 11.4. The first-order chi connectivity index (χ1) is 9.19. The van der Waals surface area contributed by atoms with Gasteiger partial charge in [0.1, 0.15) is 5.69 Å². The van der Waals surface area contributed by atoms with Crippen LogP contribution in [0.3, 0.4) is 0 Å². The van der Waals surface area contributed by atoms with Crippen molar-refractivity contribution in [3.8, 4) is 0 Å². The van der Waals surface area contributed by atoms with Gasteiger partial charge in [0.15, 0.2) is 0 Å². The zero-order chi connectivity index (χ0) is 13.7. The molecule has 0 aliphatic heterocycles. The first kappa shape index (κ1) is 13.1. The highest BCUT2D eigenvalue weighted by Crippen LogP contribution is 2.11. The molecule has 1 heterocycles. The van der Waals surface area contributed by atoms with Crippen molar-refractivity contribution in [3.63, 3.8) is 0 Å². The lowest BCUT2D eigenvalue weighted by Gasteiger charge is -2.08. The Morgan fingerprint density at radius 1 is 1.32 bits per heavy atom. The Kier molecular flexibility index (Phi) is 4.13. The summed E-state index contributed by atoms with van der Waals surface area (Å²) in [4.78, 5) is 15.3. The monoisotopic (exact) mass is 256 g/mol. The molecule has 0 amide bonds. The number of nitrogens with zero attached hydrogens (tertiary/aromatic N) is 1.